The highest BCUT2D eigenvalue weighted by Crippen LogP contribution is 2.14. The molecule has 0 bridgehead atoms. The number of hydrogen-bond acceptors (Lipinski definition) is 4. The maximum absolute atomic E-state index is 12.5. The van der Waals surface area contributed by atoms with Crippen LogP contribution in [0.5, 0.6) is 0 Å². The van der Waals surface area contributed by atoms with Crippen LogP contribution in [-0.4, -0.2) is 38.5 Å². The number of amides is 1. The number of carbonyl (C=O) groups excluding carboxylic acids is 1. The highest BCUT2D eigenvalue weighted by Gasteiger charge is 2.21. The Kier molecular flexibility index (Phi) is 4.88. The fourth-order valence-corrected chi connectivity index (χ4v) is 2.30. The molecule has 7 nitrogen and oxygen atoms in total. The van der Waals surface area contributed by atoms with Crippen LogP contribution in [0.15, 0.2) is 30.3 Å². The third-order valence-corrected chi connectivity index (χ3v) is 3.35. The Morgan fingerprint density at radius 2 is 1.91 bits per heavy atom. The highest BCUT2D eigenvalue weighted by molar-refractivity contribution is 5.93. The minimum absolute atomic E-state index is 0.0355. The van der Waals surface area contributed by atoms with Crippen LogP contribution in [0.3, 0.4) is 0 Å². The Labute approximate surface area is 128 Å². The first-order valence-electron chi connectivity index (χ1n) is 7.09. The predicted octanol–water partition coefficient (Wildman–Crippen LogP) is 1.59. The van der Waals surface area contributed by atoms with E-state index in [0.717, 1.165) is 5.69 Å². The van der Waals surface area contributed by atoms with Crippen molar-refractivity contribution in [2.45, 2.75) is 26.8 Å². The van der Waals surface area contributed by atoms with Crippen molar-refractivity contribution in [3.8, 4) is 0 Å². The molecule has 1 aromatic heterocycles. The van der Waals surface area contributed by atoms with Gasteiger partial charge in [0.15, 0.2) is 5.69 Å². The number of anilines is 1. The van der Waals surface area contributed by atoms with Crippen molar-refractivity contribution in [2.75, 3.05) is 11.4 Å². The molecular formula is C15H18N4O3. The molecule has 0 fully saturated rings. The van der Waals surface area contributed by atoms with Gasteiger partial charge < -0.3 is 10.0 Å². The molecule has 0 radical (unpaired) electrons. The summed E-state index contributed by atoms with van der Waals surface area (Å²) in [7, 11) is 0. The van der Waals surface area contributed by atoms with Crippen LogP contribution < -0.4 is 4.90 Å². The number of rotatable bonds is 6. The maximum atomic E-state index is 12.5. The SMILES string of the molecule is CCc1c(C(=O)O)nnn1CC(=O)N(CC)c1ccccc1. The number of hydrogen-bond donors (Lipinski definition) is 1. The van der Waals surface area contributed by atoms with Crippen molar-refractivity contribution in [1.29, 1.82) is 0 Å². The van der Waals surface area contributed by atoms with Gasteiger partial charge in [0.05, 0.1) is 5.69 Å². The molecule has 0 unspecified atom stereocenters. The van der Waals surface area contributed by atoms with Crippen LogP contribution in [0.1, 0.15) is 30.0 Å². The molecule has 1 amide bonds. The normalized spacial score (nSPS) is 10.5. The molecule has 116 valence electrons. The van der Waals surface area contributed by atoms with Crippen LogP contribution in [0.25, 0.3) is 0 Å². The predicted molar refractivity (Wildman–Crippen MR) is 80.8 cm³/mol. The topological polar surface area (TPSA) is 88.3 Å². The molecule has 1 aromatic carbocycles. The number of aromatic carboxylic acids is 1. The van der Waals surface area contributed by atoms with E-state index < -0.39 is 5.97 Å². The summed E-state index contributed by atoms with van der Waals surface area (Å²) in [6, 6.07) is 9.31. The highest BCUT2D eigenvalue weighted by atomic mass is 16.4. The van der Waals surface area contributed by atoms with Gasteiger partial charge in [-0.2, -0.15) is 0 Å². The second-order valence-corrected chi connectivity index (χ2v) is 4.67. The zero-order chi connectivity index (χ0) is 16.1. The monoisotopic (exact) mass is 302 g/mol. The van der Waals surface area contributed by atoms with Gasteiger partial charge in [-0.3, -0.25) is 4.79 Å². The molecule has 1 heterocycles. The van der Waals surface area contributed by atoms with Gasteiger partial charge in [-0.25, -0.2) is 9.48 Å². The van der Waals surface area contributed by atoms with Crippen molar-refractivity contribution >= 4 is 17.6 Å². The van der Waals surface area contributed by atoms with E-state index in [1.54, 1.807) is 11.8 Å². The zero-order valence-corrected chi connectivity index (χ0v) is 12.6. The summed E-state index contributed by atoms with van der Waals surface area (Å²) in [6.07, 6.45) is 0.444. The summed E-state index contributed by atoms with van der Waals surface area (Å²) < 4.78 is 1.36. The average molecular weight is 302 g/mol. The van der Waals surface area contributed by atoms with Crippen LogP contribution in [0.4, 0.5) is 5.69 Å². The maximum Gasteiger partial charge on any atom is 0.358 e. The van der Waals surface area contributed by atoms with E-state index in [-0.39, 0.29) is 18.1 Å². The molecule has 0 atom stereocenters. The van der Waals surface area contributed by atoms with Gasteiger partial charge in [0.2, 0.25) is 5.91 Å². The molecule has 0 aliphatic heterocycles. The summed E-state index contributed by atoms with van der Waals surface area (Å²) in [5, 5.41) is 16.5. The van der Waals surface area contributed by atoms with Gasteiger partial charge in [-0.15, -0.1) is 5.10 Å². The second-order valence-electron chi connectivity index (χ2n) is 4.67. The Balaban J connectivity index is 2.23. The standard InChI is InChI=1S/C15H18N4O3/c1-3-12-14(15(21)22)16-17-19(12)10-13(20)18(4-2)11-8-6-5-7-9-11/h5-9H,3-4,10H2,1-2H3,(H,21,22). The van der Waals surface area contributed by atoms with Crippen LogP contribution in [-0.2, 0) is 17.8 Å². The van der Waals surface area contributed by atoms with Crippen molar-refractivity contribution in [2.24, 2.45) is 0 Å². The van der Waals surface area contributed by atoms with Crippen LogP contribution >= 0.6 is 0 Å². The minimum Gasteiger partial charge on any atom is -0.476 e. The minimum atomic E-state index is -1.13. The molecule has 0 saturated carbocycles. The van der Waals surface area contributed by atoms with Crippen LogP contribution in [0, 0.1) is 0 Å². The van der Waals surface area contributed by atoms with E-state index in [1.165, 1.54) is 4.68 Å². The molecule has 1 N–H and O–H groups in total. The number of carboxylic acids is 1. The van der Waals surface area contributed by atoms with E-state index in [0.29, 0.717) is 18.7 Å². The smallest absolute Gasteiger partial charge is 0.358 e. The van der Waals surface area contributed by atoms with E-state index in [1.807, 2.05) is 37.3 Å². The lowest BCUT2D eigenvalue weighted by molar-refractivity contribution is -0.119. The molecule has 0 spiro atoms. The molecule has 0 saturated heterocycles. The molecule has 2 aromatic rings. The largest absolute Gasteiger partial charge is 0.476 e. The lowest BCUT2D eigenvalue weighted by atomic mass is 10.2. The number of benzene rings is 1. The third-order valence-electron chi connectivity index (χ3n) is 3.35. The Morgan fingerprint density at radius 1 is 1.23 bits per heavy atom. The average Bonchev–Trinajstić information content (AvgIpc) is 2.92. The fraction of sp³-hybridized carbons (Fsp3) is 0.333. The summed E-state index contributed by atoms with van der Waals surface area (Å²) >= 11 is 0. The first-order valence-corrected chi connectivity index (χ1v) is 7.09. The van der Waals surface area contributed by atoms with E-state index >= 15 is 0 Å². The summed E-state index contributed by atoms with van der Waals surface area (Å²) in [6.45, 7) is 4.17. The molecule has 0 aliphatic carbocycles. The number of carboxylic acid groups (broad SMARTS) is 1. The number of aromatic nitrogens is 3. The van der Waals surface area contributed by atoms with Gasteiger partial charge >= 0.3 is 5.97 Å². The molecule has 7 heteroatoms. The van der Waals surface area contributed by atoms with Crippen molar-refractivity contribution in [3.05, 3.63) is 41.7 Å². The lowest BCUT2D eigenvalue weighted by Gasteiger charge is -2.21. The van der Waals surface area contributed by atoms with Crippen molar-refractivity contribution in [1.82, 2.24) is 15.0 Å². The van der Waals surface area contributed by atoms with E-state index in [4.69, 9.17) is 5.11 Å². The van der Waals surface area contributed by atoms with E-state index in [2.05, 4.69) is 10.3 Å². The number of nitrogens with zero attached hydrogens (tertiary/aromatic N) is 4. The molecular weight excluding hydrogens is 284 g/mol. The summed E-state index contributed by atoms with van der Waals surface area (Å²) in [4.78, 5) is 25.2. The lowest BCUT2D eigenvalue weighted by Crippen LogP contribution is -2.34. The Hall–Kier alpha value is -2.70. The first kappa shape index (κ1) is 15.7. The fourth-order valence-electron chi connectivity index (χ4n) is 2.30. The second kappa shape index (κ2) is 6.84. The Bertz CT molecular complexity index is 667. The first-order chi connectivity index (χ1) is 10.6. The Morgan fingerprint density at radius 3 is 2.45 bits per heavy atom. The van der Waals surface area contributed by atoms with Gasteiger partial charge in [-0.05, 0) is 25.5 Å². The van der Waals surface area contributed by atoms with E-state index in [9.17, 15) is 9.59 Å². The van der Waals surface area contributed by atoms with Crippen molar-refractivity contribution < 1.29 is 14.7 Å². The van der Waals surface area contributed by atoms with Gasteiger partial charge in [-0.1, -0.05) is 30.3 Å². The summed E-state index contributed by atoms with van der Waals surface area (Å²) in [5.41, 5.74) is 1.15. The number of para-hydroxylation sites is 1. The quantitative estimate of drug-likeness (QED) is 0.875. The molecule has 22 heavy (non-hydrogen) atoms. The zero-order valence-electron chi connectivity index (χ0n) is 12.6. The van der Waals surface area contributed by atoms with Gasteiger partial charge in [0.25, 0.3) is 0 Å². The van der Waals surface area contributed by atoms with Gasteiger partial charge in [0, 0.05) is 12.2 Å². The summed E-state index contributed by atoms with van der Waals surface area (Å²) in [5.74, 6) is -1.30. The number of likely N-dealkylation sites (N-methyl/N-ethyl adjacent to an activating group) is 1. The number of carbonyl (C=O) groups is 2. The van der Waals surface area contributed by atoms with Crippen molar-refractivity contribution in [3.63, 3.8) is 0 Å². The third kappa shape index (κ3) is 3.13. The van der Waals surface area contributed by atoms with Crippen LogP contribution in [0.2, 0.25) is 0 Å². The molecule has 2 rings (SSSR count). The van der Waals surface area contributed by atoms with Gasteiger partial charge in [0.1, 0.15) is 6.54 Å². The molecule has 0 aliphatic rings.